The third-order valence-corrected chi connectivity index (χ3v) is 6.51. The van der Waals surface area contributed by atoms with Crippen molar-refractivity contribution in [2.45, 2.75) is 25.1 Å². The van der Waals surface area contributed by atoms with E-state index in [1.165, 1.54) is 22.9 Å². The lowest BCUT2D eigenvalue weighted by Crippen LogP contribution is -2.34. The number of rotatable bonds is 3. The van der Waals surface area contributed by atoms with Crippen molar-refractivity contribution in [3.63, 3.8) is 0 Å². The molecule has 1 atom stereocenters. The fourth-order valence-corrected chi connectivity index (χ4v) is 4.82. The van der Waals surface area contributed by atoms with E-state index < -0.39 is 17.8 Å². The van der Waals surface area contributed by atoms with Gasteiger partial charge in [0.15, 0.2) is 11.5 Å². The Morgan fingerprint density at radius 2 is 2.00 bits per heavy atom. The van der Waals surface area contributed by atoms with Crippen LogP contribution in [0.15, 0.2) is 55.0 Å². The second-order valence-electron chi connectivity index (χ2n) is 8.72. The van der Waals surface area contributed by atoms with Gasteiger partial charge in [-0.15, -0.1) is 10.2 Å². The number of hydrogen-bond acceptors (Lipinski definition) is 6. The Kier molecular flexibility index (Phi) is 4.75. The van der Waals surface area contributed by atoms with Gasteiger partial charge in [-0.3, -0.25) is 18.8 Å². The number of aromatic nitrogens is 6. The van der Waals surface area contributed by atoms with Crippen LogP contribution in [0.1, 0.15) is 39.5 Å². The molecule has 1 amide bonds. The van der Waals surface area contributed by atoms with Crippen LogP contribution < -0.4 is 10.6 Å². The molecular weight excluding hydrogens is 473 g/mol. The van der Waals surface area contributed by atoms with Crippen molar-refractivity contribution < 1.29 is 18.0 Å². The summed E-state index contributed by atoms with van der Waals surface area (Å²) in [6.07, 6.45) is -0.387. The average molecular weight is 492 g/mol. The first kappa shape index (κ1) is 22.0. The largest absolute Gasteiger partial charge is 0.416 e. The molecule has 0 fully saturated rings. The topological polar surface area (TPSA) is 107 Å². The van der Waals surface area contributed by atoms with E-state index >= 15 is 0 Å². The predicted octanol–water partition coefficient (Wildman–Crippen LogP) is 3.95. The van der Waals surface area contributed by atoms with E-state index in [9.17, 15) is 18.0 Å². The first-order valence-electron chi connectivity index (χ1n) is 11.1. The number of anilines is 2. The number of aryl methyl sites for hydroxylation is 2. The molecule has 3 heterocycles. The van der Waals surface area contributed by atoms with Gasteiger partial charge in [-0.05, 0) is 54.3 Å². The summed E-state index contributed by atoms with van der Waals surface area (Å²) >= 11 is 0. The zero-order chi connectivity index (χ0) is 25.2. The summed E-state index contributed by atoms with van der Waals surface area (Å²) in [5.41, 5.74) is 7.90. The van der Waals surface area contributed by atoms with Crippen molar-refractivity contribution in [2.75, 3.05) is 10.6 Å². The molecule has 1 unspecified atom stereocenters. The van der Waals surface area contributed by atoms with E-state index in [2.05, 4.69) is 20.3 Å². The molecule has 0 radical (unpaired) electrons. The zero-order valence-corrected chi connectivity index (χ0v) is 18.9. The van der Waals surface area contributed by atoms with Gasteiger partial charge < -0.3 is 5.73 Å². The molecule has 2 aromatic carbocycles. The van der Waals surface area contributed by atoms with Crippen molar-refractivity contribution in [3.05, 3.63) is 77.2 Å². The van der Waals surface area contributed by atoms with E-state index in [-0.39, 0.29) is 11.9 Å². The van der Waals surface area contributed by atoms with Gasteiger partial charge in [-0.1, -0.05) is 6.07 Å². The van der Waals surface area contributed by atoms with E-state index in [1.54, 1.807) is 47.1 Å². The van der Waals surface area contributed by atoms with Crippen LogP contribution in [0.25, 0.3) is 16.6 Å². The molecular formula is C24H19F3N8O. The first-order chi connectivity index (χ1) is 17.2. The molecule has 0 bridgehead atoms. The zero-order valence-electron chi connectivity index (χ0n) is 18.9. The molecule has 5 aromatic rings. The van der Waals surface area contributed by atoms with E-state index in [0.717, 1.165) is 6.07 Å². The molecule has 6 rings (SSSR count). The van der Waals surface area contributed by atoms with Crippen LogP contribution in [0.3, 0.4) is 0 Å². The third-order valence-electron chi connectivity index (χ3n) is 6.51. The van der Waals surface area contributed by atoms with Crippen LogP contribution in [0.5, 0.6) is 0 Å². The summed E-state index contributed by atoms with van der Waals surface area (Å²) in [7, 11) is 1.73. The normalized spacial score (nSPS) is 15.5. The second kappa shape index (κ2) is 7.77. The number of carbonyl (C=O) groups excluding carboxylic acids is 1. The van der Waals surface area contributed by atoms with Crippen molar-refractivity contribution in [1.29, 1.82) is 0 Å². The highest BCUT2D eigenvalue weighted by molar-refractivity contribution is 6.09. The van der Waals surface area contributed by atoms with Crippen molar-refractivity contribution in [3.8, 4) is 0 Å². The van der Waals surface area contributed by atoms with Crippen LogP contribution in [-0.2, 0) is 19.6 Å². The lowest BCUT2D eigenvalue weighted by Gasteiger charge is -2.28. The van der Waals surface area contributed by atoms with Crippen molar-refractivity contribution in [2.24, 2.45) is 7.05 Å². The summed E-state index contributed by atoms with van der Waals surface area (Å²) < 4.78 is 42.9. The number of nitrogens with two attached hydrogens (primary N) is 1. The summed E-state index contributed by atoms with van der Waals surface area (Å²) in [5, 5.41) is 13.0. The highest BCUT2D eigenvalue weighted by Crippen LogP contribution is 2.41. The van der Waals surface area contributed by atoms with Gasteiger partial charge in [0, 0.05) is 30.3 Å². The molecule has 0 spiro atoms. The number of amides is 1. The minimum Gasteiger partial charge on any atom is -0.369 e. The molecule has 36 heavy (non-hydrogen) atoms. The first-order valence-corrected chi connectivity index (χ1v) is 11.1. The quantitative estimate of drug-likeness (QED) is 0.409. The number of carbonyl (C=O) groups is 1. The molecule has 1 aliphatic rings. The second-order valence-corrected chi connectivity index (χ2v) is 8.72. The molecule has 2 N–H and O–H groups in total. The summed E-state index contributed by atoms with van der Waals surface area (Å²) in [4.78, 5) is 19.9. The highest BCUT2D eigenvalue weighted by atomic mass is 19.4. The Balaban J connectivity index is 1.46. The Labute approximate surface area is 202 Å². The maximum Gasteiger partial charge on any atom is 0.416 e. The number of nitrogen functional groups attached to an aromatic ring is 1. The number of halogens is 3. The molecule has 3 aromatic heterocycles. The standard InChI is InChI=1S/C24H19F3N8O/c1-33-9-8-20(32-33)35(19-7-3-13-10-15(24(25,26)27)4-5-16(13)19)22(36)14-2-6-18-17(11-14)21-31-29-12-34(21)23(28)30-18/h2,4-6,8-12,19H,3,7H2,1H3,(H2,28,30). The van der Waals surface area contributed by atoms with Gasteiger partial charge in [-0.2, -0.15) is 18.3 Å². The Bertz CT molecular complexity index is 1650. The van der Waals surface area contributed by atoms with Gasteiger partial charge in [-0.25, -0.2) is 4.98 Å². The summed E-state index contributed by atoms with van der Waals surface area (Å²) in [6.45, 7) is 0. The maximum atomic E-state index is 14.0. The number of nitrogens with zero attached hydrogens (tertiary/aromatic N) is 7. The Morgan fingerprint density at radius 3 is 2.75 bits per heavy atom. The van der Waals surface area contributed by atoms with Crippen LogP contribution >= 0.6 is 0 Å². The van der Waals surface area contributed by atoms with Gasteiger partial charge in [0.2, 0.25) is 5.95 Å². The summed E-state index contributed by atoms with van der Waals surface area (Å²) in [5.74, 6) is 0.281. The molecule has 1 aliphatic carbocycles. The fourth-order valence-electron chi connectivity index (χ4n) is 4.82. The van der Waals surface area contributed by atoms with E-state index in [0.29, 0.717) is 51.9 Å². The van der Waals surface area contributed by atoms with E-state index in [1.807, 2.05) is 0 Å². The van der Waals surface area contributed by atoms with Crippen molar-refractivity contribution in [1.82, 2.24) is 29.4 Å². The van der Waals surface area contributed by atoms with Crippen LogP contribution in [0.2, 0.25) is 0 Å². The van der Waals surface area contributed by atoms with Crippen LogP contribution in [-0.4, -0.2) is 35.3 Å². The van der Waals surface area contributed by atoms with Gasteiger partial charge >= 0.3 is 6.18 Å². The van der Waals surface area contributed by atoms with Crippen LogP contribution in [0.4, 0.5) is 24.9 Å². The van der Waals surface area contributed by atoms with Crippen molar-refractivity contribution >= 4 is 34.2 Å². The molecule has 9 nitrogen and oxygen atoms in total. The number of benzene rings is 2. The fraction of sp³-hybridized carbons (Fsp3) is 0.208. The SMILES string of the molecule is Cn1ccc(N(C(=O)c2ccc3nc(N)n4cnnc4c3c2)C2CCc3cc(C(F)(F)F)ccc32)n1. The lowest BCUT2D eigenvalue weighted by atomic mass is 10.0. The number of alkyl halides is 3. The molecule has 182 valence electrons. The van der Waals surface area contributed by atoms with Gasteiger partial charge in [0.05, 0.1) is 17.1 Å². The smallest absolute Gasteiger partial charge is 0.369 e. The maximum absolute atomic E-state index is 14.0. The average Bonchev–Trinajstić information content (AvgIpc) is 3.59. The van der Waals surface area contributed by atoms with Gasteiger partial charge in [0.25, 0.3) is 5.91 Å². The molecule has 0 saturated carbocycles. The molecule has 12 heteroatoms. The predicted molar refractivity (Wildman–Crippen MR) is 125 cm³/mol. The molecule has 0 aliphatic heterocycles. The Hall–Kier alpha value is -4.48. The minimum absolute atomic E-state index is 0.220. The monoisotopic (exact) mass is 492 g/mol. The number of fused-ring (bicyclic) bond motifs is 4. The minimum atomic E-state index is -4.43. The summed E-state index contributed by atoms with van der Waals surface area (Å²) in [6, 6.07) is 9.93. The lowest BCUT2D eigenvalue weighted by molar-refractivity contribution is -0.137. The van der Waals surface area contributed by atoms with Gasteiger partial charge in [0.1, 0.15) is 6.33 Å². The number of hydrogen-bond donors (Lipinski definition) is 1. The van der Waals surface area contributed by atoms with Crippen LogP contribution in [0, 0.1) is 0 Å². The van der Waals surface area contributed by atoms with E-state index in [4.69, 9.17) is 5.73 Å². The Morgan fingerprint density at radius 1 is 1.17 bits per heavy atom. The highest BCUT2D eigenvalue weighted by Gasteiger charge is 2.37. The third kappa shape index (κ3) is 3.44. The molecule has 0 saturated heterocycles.